The smallest absolute Gasteiger partial charge is 0.350 e. The van der Waals surface area contributed by atoms with Crippen LogP contribution in [0.15, 0.2) is 77.7 Å². The second-order valence-electron chi connectivity index (χ2n) is 10.8. The molecule has 13 heteroatoms. The van der Waals surface area contributed by atoms with Gasteiger partial charge in [0, 0.05) is 12.1 Å². The molecule has 0 bridgehead atoms. The summed E-state index contributed by atoms with van der Waals surface area (Å²) in [6, 6.07) is 14.4. The first-order chi connectivity index (χ1) is 19.9. The third-order valence-electron chi connectivity index (χ3n) is 6.29. The molecule has 0 spiro atoms. The van der Waals surface area contributed by atoms with Gasteiger partial charge in [-0.3, -0.25) is 13.9 Å². The fourth-order valence-corrected chi connectivity index (χ4v) is 6.04. The Kier molecular flexibility index (Phi) is 10.8. The molecule has 232 valence electrons. The zero-order chi connectivity index (χ0) is 32.2. The monoisotopic (exact) mass is 657 g/mol. The number of hydrogen-bond donors (Lipinski definition) is 1. The number of carbonyl (C=O) groups excluding carboxylic acids is 2. The second kappa shape index (κ2) is 13.6. The van der Waals surface area contributed by atoms with Gasteiger partial charge in [-0.25, -0.2) is 8.42 Å². The molecule has 0 saturated carbocycles. The Bertz CT molecular complexity index is 1560. The highest BCUT2D eigenvalue weighted by Crippen LogP contribution is 2.33. The van der Waals surface area contributed by atoms with E-state index in [-0.39, 0.29) is 33.6 Å². The molecule has 0 heterocycles. The van der Waals surface area contributed by atoms with Gasteiger partial charge < -0.3 is 10.2 Å². The summed E-state index contributed by atoms with van der Waals surface area (Å²) < 4.78 is 69.1. The number of hydrogen-bond acceptors (Lipinski definition) is 4. The van der Waals surface area contributed by atoms with Crippen LogP contribution in [0.5, 0.6) is 0 Å². The first kappa shape index (κ1) is 34.2. The second-order valence-corrected chi connectivity index (χ2v) is 13.5. The van der Waals surface area contributed by atoms with Crippen molar-refractivity contribution in [2.75, 3.05) is 10.8 Å². The lowest BCUT2D eigenvalue weighted by molar-refractivity contribution is -0.141. The fourth-order valence-electron chi connectivity index (χ4n) is 4.29. The first-order valence-electron chi connectivity index (χ1n) is 13.2. The van der Waals surface area contributed by atoms with Gasteiger partial charge in [-0.05, 0) is 75.2 Å². The maximum atomic E-state index is 14.1. The molecular weight excluding hydrogens is 626 g/mol. The van der Waals surface area contributed by atoms with E-state index in [9.17, 15) is 31.2 Å². The minimum absolute atomic E-state index is 0.157. The maximum Gasteiger partial charge on any atom is 0.416 e. The molecule has 1 N–H and O–H groups in total. The molecule has 0 aliphatic rings. The predicted octanol–water partition coefficient (Wildman–Crippen LogP) is 6.93. The molecule has 0 fully saturated rings. The molecule has 0 saturated heterocycles. The molecule has 0 aliphatic carbocycles. The Morgan fingerprint density at radius 1 is 0.907 bits per heavy atom. The van der Waals surface area contributed by atoms with Crippen LogP contribution in [0.1, 0.15) is 45.2 Å². The third-order valence-corrected chi connectivity index (χ3v) is 8.82. The van der Waals surface area contributed by atoms with E-state index in [4.69, 9.17) is 23.2 Å². The predicted molar refractivity (Wildman–Crippen MR) is 161 cm³/mol. The number of nitrogens with one attached hydrogen (secondary N) is 1. The highest BCUT2D eigenvalue weighted by molar-refractivity contribution is 7.92. The van der Waals surface area contributed by atoms with E-state index in [0.717, 1.165) is 12.1 Å². The average Bonchev–Trinajstić information content (AvgIpc) is 2.92. The first-order valence-corrected chi connectivity index (χ1v) is 15.4. The highest BCUT2D eigenvalue weighted by atomic mass is 35.5. The van der Waals surface area contributed by atoms with Gasteiger partial charge in [-0.2, -0.15) is 13.2 Å². The van der Waals surface area contributed by atoms with Crippen molar-refractivity contribution in [1.29, 1.82) is 0 Å². The summed E-state index contributed by atoms with van der Waals surface area (Å²) in [4.78, 5) is 28.4. The van der Waals surface area contributed by atoms with Gasteiger partial charge in [0.2, 0.25) is 11.8 Å². The number of amides is 2. The van der Waals surface area contributed by atoms with E-state index >= 15 is 0 Å². The number of rotatable bonds is 10. The van der Waals surface area contributed by atoms with Crippen LogP contribution in [-0.4, -0.2) is 43.3 Å². The molecule has 2 amide bonds. The summed E-state index contributed by atoms with van der Waals surface area (Å²) in [6.07, 6.45) is -4.61. The van der Waals surface area contributed by atoms with Gasteiger partial charge in [0.1, 0.15) is 12.6 Å². The SMILES string of the molecule is CC[C@@H](C(=O)NC(C)(C)C)N(Cc1ccc(Cl)c(Cl)c1)C(=O)CN(c1cccc(C(F)(F)F)c1)S(=O)(=O)c1ccccc1. The third kappa shape index (κ3) is 8.87. The molecule has 0 radical (unpaired) electrons. The summed E-state index contributed by atoms with van der Waals surface area (Å²) in [7, 11) is -4.53. The van der Waals surface area contributed by atoms with Crippen LogP contribution in [0.25, 0.3) is 0 Å². The van der Waals surface area contributed by atoms with Crippen LogP contribution < -0.4 is 9.62 Å². The summed E-state index contributed by atoms with van der Waals surface area (Å²) in [6.45, 7) is 5.94. The molecule has 0 aromatic heterocycles. The average molecular weight is 659 g/mol. The van der Waals surface area contributed by atoms with Crippen LogP contribution in [0.3, 0.4) is 0 Å². The molecule has 3 aromatic rings. The van der Waals surface area contributed by atoms with E-state index in [0.29, 0.717) is 15.9 Å². The van der Waals surface area contributed by atoms with E-state index in [1.807, 2.05) is 0 Å². The van der Waals surface area contributed by atoms with Crippen LogP contribution in [0.2, 0.25) is 10.0 Å². The van der Waals surface area contributed by atoms with Crippen molar-refractivity contribution in [2.45, 2.75) is 63.3 Å². The van der Waals surface area contributed by atoms with Gasteiger partial charge in [0.05, 0.1) is 26.2 Å². The molecule has 0 aliphatic heterocycles. The van der Waals surface area contributed by atoms with Crippen molar-refractivity contribution in [3.63, 3.8) is 0 Å². The topological polar surface area (TPSA) is 86.8 Å². The number of sulfonamides is 1. The maximum absolute atomic E-state index is 14.1. The molecule has 43 heavy (non-hydrogen) atoms. The van der Waals surface area contributed by atoms with Gasteiger partial charge in [0.25, 0.3) is 10.0 Å². The summed E-state index contributed by atoms with van der Waals surface area (Å²) in [5, 5.41) is 3.31. The van der Waals surface area contributed by atoms with Crippen molar-refractivity contribution >= 4 is 50.7 Å². The highest BCUT2D eigenvalue weighted by Gasteiger charge is 2.36. The lowest BCUT2D eigenvalue weighted by Gasteiger charge is -2.35. The molecule has 0 unspecified atom stereocenters. The largest absolute Gasteiger partial charge is 0.416 e. The standard InChI is InChI=1S/C30H32Cl2F3N3O4S/c1-5-26(28(40)36-29(2,3)4)37(18-20-14-15-24(31)25(32)16-20)27(39)19-38(43(41,42)23-12-7-6-8-13-23)22-11-9-10-21(17-22)30(33,34)35/h6-17,26H,5,18-19H2,1-4H3,(H,36,40)/t26-/m0/s1. The van der Waals surface area contributed by atoms with Gasteiger partial charge in [-0.1, -0.05) is 60.5 Å². The quantitative estimate of drug-likeness (QED) is 0.256. The van der Waals surface area contributed by atoms with Crippen molar-refractivity contribution in [2.24, 2.45) is 0 Å². The molecule has 3 rings (SSSR count). The number of benzene rings is 3. The lowest BCUT2D eigenvalue weighted by Crippen LogP contribution is -2.55. The Hall–Kier alpha value is -3.28. The minimum atomic E-state index is -4.76. The van der Waals surface area contributed by atoms with Crippen molar-refractivity contribution in [1.82, 2.24) is 10.2 Å². The Morgan fingerprint density at radius 2 is 1.56 bits per heavy atom. The van der Waals surface area contributed by atoms with E-state index in [1.165, 1.54) is 47.4 Å². The molecular formula is C30H32Cl2F3N3O4S. The number of nitrogens with zero attached hydrogens (tertiary/aromatic N) is 2. The Labute approximate surface area is 259 Å². The molecule has 1 atom stereocenters. The van der Waals surface area contributed by atoms with Gasteiger partial charge >= 0.3 is 6.18 Å². The normalized spacial score (nSPS) is 12.9. The zero-order valence-corrected chi connectivity index (χ0v) is 26.3. The van der Waals surface area contributed by atoms with E-state index in [2.05, 4.69) is 5.32 Å². The Balaban J connectivity index is 2.13. The summed E-state index contributed by atoms with van der Waals surface area (Å²) in [5.74, 6) is -1.31. The minimum Gasteiger partial charge on any atom is -0.350 e. The number of carbonyl (C=O) groups is 2. The number of anilines is 1. The zero-order valence-electron chi connectivity index (χ0n) is 24.0. The van der Waals surface area contributed by atoms with Gasteiger partial charge in [-0.15, -0.1) is 0 Å². The Morgan fingerprint density at radius 3 is 2.12 bits per heavy atom. The van der Waals surface area contributed by atoms with Crippen LogP contribution in [0, 0.1) is 0 Å². The molecule has 3 aromatic carbocycles. The number of alkyl halides is 3. The van der Waals surface area contributed by atoms with E-state index < -0.39 is 51.7 Å². The molecule has 7 nitrogen and oxygen atoms in total. The van der Waals surface area contributed by atoms with Crippen LogP contribution in [0.4, 0.5) is 18.9 Å². The summed E-state index contributed by atoms with van der Waals surface area (Å²) in [5.41, 5.74) is -1.60. The van der Waals surface area contributed by atoms with Crippen LogP contribution in [-0.2, 0) is 32.3 Å². The number of halogens is 5. The summed E-state index contributed by atoms with van der Waals surface area (Å²) >= 11 is 12.2. The van der Waals surface area contributed by atoms with Gasteiger partial charge in [0.15, 0.2) is 0 Å². The lowest BCUT2D eigenvalue weighted by atomic mass is 10.1. The van der Waals surface area contributed by atoms with E-state index in [1.54, 1.807) is 39.8 Å². The fraction of sp³-hybridized carbons (Fsp3) is 0.333. The van der Waals surface area contributed by atoms with Crippen molar-refractivity contribution in [3.8, 4) is 0 Å². The van der Waals surface area contributed by atoms with Crippen molar-refractivity contribution < 1.29 is 31.2 Å². The van der Waals surface area contributed by atoms with Crippen molar-refractivity contribution in [3.05, 3.63) is 94.0 Å². The van der Waals surface area contributed by atoms with Crippen LogP contribution >= 0.6 is 23.2 Å².